The van der Waals surface area contributed by atoms with E-state index in [0.29, 0.717) is 0 Å². The molecule has 3 unspecified atom stereocenters. The second kappa shape index (κ2) is 7.54. The lowest BCUT2D eigenvalue weighted by Gasteiger charge is -2.17. The van der Waals surface area contributed by atoms with Crippen molar-refractivity contribution < 1.29 is 24.6 Å². The van der Waals surface area contributed by atoms with Gasteiger partial charge in [-0.2, -0.15) is 0 Å². The molecule has 0 saturated carbocycles. The monoisotopic (exact) mass is 282 g/mol. The number of Topliss-reactive ketones (excluding diaryl/α,β-unsaturated/α-hetero) is 1. The first kappa shape index (κ1) is 16.2. The quantitative estimate of drug-likeness (QED) is 0.418. The van der Waals surface area contributed by atoms with Crippen LogP contribution < -0.4 is 11.5 Å². The van der Waals surface area contributed by atoms with Gasteiger partial charge in [-0.05, 0) is 6.92 Å². The summed E-state index contributed by atoms with van der Waals surface area (Å²) in [5.41, 5.74) is 10.6. The van der Waals surface area contributed by atoms with Crippen molar-refractivity contribution in [3.05, 3.63) is 0 Å². The number of carboxylic acid groups (broad SMARTS) is 2. The van der Waals surface area contributed by atoms with E-state index in [-0.39, 0.29) is 11.5 Å². The minimum absolute atomic E-state index is 0.0656. The zero-order valence-electron chi connectivity index (χ0n) is 9.03. The van der Waals surface area contributed by atoms with Gasteiger partial charge in [0.05, 0.1) is 5.25 Å². The summed E-state index contributed by atoms with van der Waals surface area (Å²) in [6.07, 6.45) is 0. The number of carbonyl (C=O) groups is 3. The molecule has 3 atom stereocenters. The number of carbonyl (C=O) groups excluding carboxylic acids is 1. The van der Waals surface area contributed by atoms with Crippen LogP contribution in [0.2, 0.25) is 0 Å². The number of carboxylic acids is 2. The highest BCUT2D eigenvalue weighted by Crippen LogP contribution is 2.29. The molecular weight excluding hydrogens is 268 g/mol. The van der Waals surface area contributed by atoms with Gasteiger partial charge in [0.2, 0.25) is 0 Å². The van der Waals surface area contributed by atoms with Crippen LogP contribution in [0, 0.1) is 0 Å². The molecule has 0 aliphatic rings. The van der Waals surface area contributed by atoms with Gasteiger partial charge < -0.3 is 21.7 Å². The van der Waals surface area contributed by atoms with Crippen LogP contribution in [0.4, 0.5) is 0 Å². The predicted octanol–water partition coefficient (Wildman–Crippen LogP) is -0.851. The van der Waals surface area contributed by atoms with Gasteiger partial charge in [0.15, 0.2) is 0 Å². The van der Waals surface area contributed by atoms with Crippen LogP contribution in [0.1, 0.15) is 6.92 Å². The van der Waals surface area contributed by atoms with E-state index < -0.39 is 29.3 Å². The van der Waals surface area contributed by atoms with Gasteiger partial charge in [-0.3, -0.25) is 14.4 Å². The van der Waals surface area contributed by atoms with Crippen molar-refractivity contribution >= 4 is 39.3 Å². The smallest absolute Gasteiger partial charge is 0.322 e. The van der Waals surface area contributed by atoms with E-state index in [1.54, 1.807) is 0 Å². The molecule has 0 saturated heterocycles. The van der Waals surface area contributed by atoms with Crippen LogP contribution in [-0.4, -0.2) is 51.0 Å². The molecule has 0 aromatic carbocycles. The van der Waals surface area contributed by atoms with Crippen LogP contribution in [0.25, 0.3) is 0 Å². The van der Waals surface area contributed by atoms with Crippen LogP contribution in [0.3, 0.4) is 0 Å². The number of rotatable bonds is 8. The number of hydrogen-bond acceptors (Lipinski definition) is 7. The molecule has 0 spiro atoms. The predicted molar refractivity (Wildman–Crippen MR) is 65.7 cm³/mol. The summed E-state index contributed by atoms with van der Waals surface area (Å²) < 4.78 is 0. The summed E-state index contributed by atoms with van der Waals surface area (Å²) in [6, 6.07) is -2.37. The first-order valence-electron chi connectivity index (χ1n) is 4.52. The minimum Gasteiger partial charge on any atom is -0.480 e. The Balaban J connectivity index is 4.25. The van der Waals surface area contributed by atoms with Crippen LogP contribution in [0.5, 0.6) is 0 Å². The van der Waals surface area contributed by atoms with Gasteiger partial charge in [0.1, 0.15) is 17.9 Å². The summed E-state index contributed by atoms with van der Waals surface area (Å²) in [4.78, 5) is 32.2. The Morgan fingerprint density at radius 2 is 1.71 bits per heavy atom. The lowest BCUT2D eigenvalue weighted by molar-refractivity contribution is -0.140. The second-order valence-corrected chi connectivity index (χ2v) is 5.77. The first-order valence-corrected chi connectivity index (χ1v) is 6.91. The number of nitrogens with two attached hydrogens (primary N) is 2. The molecule has 0 aromatic rings. The van der Waals surface area contributed by atoms with E-state index >= 15 is 0 Å². The maximum absolute atomic E-state index is 11.2. The van der Waals surface area contributed by atoms with Crippen molar-refractivity contribution in [2.45, 2.75) is 24.3 Å². The zero-order chi connectivity index (χ0) is 13.6. The lowest BCUT2D eigenvalue weighted by Crippen LogP contribution is -2.43. The van der Waals surface area contributed by atoms with Gasteiger partial charge >= 0.3 is 11.9 Å². The number of hydrogen-bond donors (Lipinski definition) is 4. The Hall–Kier alpha value is -0.770. The van der Waals surface area contributed by atoms with Gasteiger partial charge in [0.25, 0.3) is 0 Å². The summed E-state index contributed by atoms with van der Waals surface area (Å²) in [6.45, 7) is 1.23. The fourth-order valence-corrected chi connectivity index (χ4v) is 3.53. The van der Waals surface area contributed by atoms with Crippen LogP contribution in [-0.2, 0) is 14.4 Å². The fourth-order valence-electron chi connectivity index (χ4n) is 0.767. The van der Waals surface area contributed by atoms with Crippen molar-refractivity contribution in [2.24, 2.45) is 11.5 Å². The maximum atomic E-state index is 11.2. The van der Waals surface area contributed by atoms with E-state index in [2.05, 4.69) is 0 Å². The van der Waals surface area contributed by atoms with Gasteiger partial charge in [-0.15, -0.1) is 0 Å². The Morgan fingerprint density at radius 3 is 2.06 bits per heavy atom. The van der Waals surface area contributed by atoms with Crippen molar-refractivity contribution in [1.29, 1.82) is 0 Å². The molecule has 17 heavy (non-hydrogen) atoms. The van der Waals surface area contributed by atoms with Crippen molar-refractivity contribution in [2.75, 3.05) is 5.75 Å². The zero-order valence-corrected chi connectivity index (χ0v) is 10.7. The standard InChI is InChI=1S/C8H14N2O5S2/c1-3(11)6(5(10)8(14)15)17-16-2-4(9)7(12)13/h4-6H,2,9-10H2,1H3,(H,12,13)(H,14,15). The van der Waals surface area contributed by atoms with Crippen LogP contribution in [0.15, 0.2) is 0 Å². The Morgan fingerprint density at radius 1 is 1.18 bits per heavy atom. The maximum Gasteiger partial charge on any atom is 0.322 e. The first-order chi connectivity index (χ1) is 7.77. The topological polar surface area (TPSA) is 144 Å². The minimum atomic E-state index is -1.31. The van der Waals surface area contributed by atoms with E-state index in [1.165, 1.54) is 6.92 Å². The average molecular weight is 282 g/mol. The molecule has 98 valence electrons. The molecule has 0 rings (SSSR count). The van der Waals surface area contributed by atoms with Gasteiger partial charge in [-0.25, -0.2) is 0 Å². The molecule has 0 fully saturated rings. The highest BCUT2D eigenvalue weighted by atomic mass is 33.1. The third-order valence-corrected chi connectivity index (χ3v) is 4.65. The number of aliphatic carboxylic acids is 2. The summed E-state index contributed by atoms with van der Waals surface area (Å²) >= 11 is 0. The van der Waals surface area contributed by atoms with Crippen molar-refractivity contribution in [3.8, 4) is 0 Å². The molecular formula is C8H14N2O5S2. The highest BCUT2D eigenvalue weighted by Gasteiger charge is 2.29. The van der Waals surface area contributed by atoms with E-state index in [9.17, 15) is 14.4 Å². The molecule has 0 heterocycles. The third kappa shape index (κ3) is 5.91. The van der Waals surface area contributed by atoms with E-state index in [1.807, 2.05) is 0 Å². The molecule has 0 aromatic heterocycles. The Bertz CT molecular complexity index is 312. The Kier molecular flexibility index (Phi) is 7.19. The van der Waals surface area contributed by atoms with Crippen molar-refractivity contribution in [1.82, 2.24) is 0 Å². The molecule has 0 aliphatic carbocycles. The summed E-state index contributed by atoms with van der Waals surface area (Å²) in [7, 11) is 1.95. The molecule has 9 heteroatoms. The van der Waals surface area contributed by atoms with E-state index in [0.717, 1.165) is 21.6 Å². The largest absolute Gasteiger partial charge is 0.480 e. The second-order valence-electron chi connectivity index (χ2n) is 3.22. The molecule has 7 nitrogen and oxygen atoms in total. The molecule has 0 bridgehead atoms. The molecule has 0 aliphatic heterocycles. The third-order valence-electron chi connectivity index (χ3n) is 1.75. The van der Waals surface area contributed by atoms with Gasteiger partial charge in [0, 0.05) is 5.75 Å². The highest BCUT2D eigenvalue weighted by molar-refractivity contribution is 8.77. The SMILES string of the molecule is CC(=O)C(SSCC(N)C(=O)O)C(N)C(=O)O. The summed E-state index contributed by atoms with van der Waals surface area (Å²) in [5.74, 6) is -2.74. The fraction of sp³-hybridized carbons (Fsp3) is 0.625. The number of ketones is 1. The molecule has 6 N–H and O–H groups in total. The summed E-state index contributed by atoms with van der Waals surface area (Å²) in [5, 5.41) is 16.3. The van der Waals surface area contributed by atoms with E-state index in [4.69, 9.17) is 21.7 Å². The average Bonchev–Trinajstić information content (AvgIpc) is 2.22. The molecule has 0 radical (unpaired) electrons. The Labute approximate surface area is 106 Å². The lowest BCUT2D eigenvalue weighted by atomic mass is 10.1. The normalized spacial score (nSPS) is 15.9. The molecule has 0 amide bonds. The van der Waals surface area contributed by atoms with Gasteiger partial charge in [-0.1, -0.05) is 21.6 Å². The van der Waals surface area contributed by atoms with Crippen LogP contribution >= 0.6 is 21.6 Å². The van der Waals surface area contributed by atoms with Crippen molar-refractivity contribution in [3.63, 3.8) is 0 Å².